The molecular formula is C11H18N4O. The van der Waals surface area contributed by atoms with E-state index in [2.05, 4.69) is 27.4 Å². The van der Waals surface area contributed by atoms with Gasteiger partial charge >= 0.3 is 0 Å². The Morgan fingerprint density at radius 1 is 1.44 bits per heavy atom. The molecule has 1 aliphatic rings. The van der Waals surface area contributed by atoms with Gasteiger partial charge in [-0.1, -0.05) is 26.2 Å². The van der Waals surface area contributed by atoms with Crippen LogP contribution in [0.5, 0.6) is 0 Å². The standard InChI is InChI=1S/C11H18N4O/c1-8-5-3-2-4-6-9(8)14-11(16)10-12-7-13-15-10/h7-9H,2-6H2,1H3,(H,14,16)(H,12,13,15). The molecule has 0 radical (unpaired) electrons. The van der Waals surface area contributed by atoms with Gasteiger partial charge in [-0.2, -0.15) is 5.10 Å². The highest BCUT2D eigenvalue weighted by molar-refractivity contribution is 5.90. The summed E-state index contributed by atoms with van der Waals surface area (Å²) in [6, 6.07) is 0.278. The average molecular weight is 222 g/mol. The number of H-pyrrole nitrogens is 1. The quantitative estimate of drug-likeness (QED) is 0.745. The van der Waals surface area contributed by atoms with E-state index in [1.165, 1.54) is 32.0 Å². The molecule has 0 spiro atoms. The van der Waals surface area contributed by atoms with Crippen molar-refractivity contribution in [2.24, 2.45) is 5.92 Å². The second-order valence-electron chi connectivity index (χ2n) is 4.53. The van der Waals surface area contributed by atoms with Crippen LogP contribution < -0.4 is 5.32 Å². The fourth-order valence-electron chi connectivity index (χ4n) is 2.26. The summed E-state index contributed by atoms with van der Waals surface area (Å²) in [5.74, 6) is 0.710. The molecule has 1 amide bonds. The Balaban J connectivity index is 1.95. The molecule has 1 fully saturated rings. The molecule has 1 aromatic rings. The molecule has 5 nitrogen and oxygen atoms in total. The van der Waals surface area contributed by atoms with Crippen molar-refractivity contribution in [3.05, 3.63) is 12.2 Å². The number of hydrogen-bond donors (Lipinski definition) is 2. The Morgan fingerprint density at radius 3 is 3.00 bits per heavy atom. The maximum absolute atomic E-state index is 11.8. The van der Waals surface area contributed by atoms with Crippen molar-refractivity contribution in [2.75, 3.05) is 0 Å². The molecule has 16 heavy (non-hydrogen) atoms. The monoisotopic (exact) mass is 222 g/mol. The number of aromatic nitrogens is 3. The number of hydrogen-bond acceptors (Lipinski definition) is 3. The SMILES string of the molecule is CC1CCCCCC1NC(=O)c1ncn[nH]1. The Kier molecular flexibility index (Phi) is 3.54. The van der Waals surface area contributed by atoms with Crippen LogP contribution in [-0.4, -0.2) is 27.1 Å². The molecule has 1 saturated carbocycles. The van der Waals surface area contributed by atoms with Crippen molar-refractivity contribution in [2.45, 2.75) is 45.1 Å². The highest BCUT2D eigenvalue weighted by atomic mass is 16.2. The van der Waals surface area contributed by atoms with Crippen molar-refractivity contribution in [3.8, 4) is 0 Å². The Labute approximate surface area is 95.0 Å². The highest BCUT2D eigenvalue weighted by Gasteiger charge is 2.22. The first-order valence-corrected chi connectivity index (χ1v) is 5.93. The lowest BCUT2D eigenvalue weighted by Crippen LogP contribution is -2.39. The minimum absolute atomic E-state index is 0.142. The number of nitrogens with zero attached hydrogens (tertiary/aromatic N) is 2. The van der Waals surface area contributed by atoms with E-state index in [1.807, 2.05) is 0 Å². The van der Waals surface area contributed by atoms with Gasteiger partial charge in [0.15, 0.2) is 0 Å². The third-order valence-electron chi connectivity index (χ3n) is 3.31. The van der Waals surface area contributed by atoms with E-state index in [9.17, 15) is 4.79 Å². The van der Waals surface area contributed by atoms with Crippen molar-refractivity contribution >= 4 is 5.91 Å². The van der Waals surface area contributed by atoms with E-state index in [1.54, 1.807) is 0 Å². The first kappa shape index (κ1) is 11.1. The number of carbonyl (C=O) groups is 1. The van der Waals surface area contributed by atoms with Gasteiger partial charge in [0.25, 0.3) is 5.91 Å². The van der Waals surface area contributed by atoms with Crippen molar-refractivity contribution < 1.29 is 4.79 Å². The van der Waals surface area contributed by atoms with E-state index in [-0.39, 0.29) is 11.9 Å². The number of carbonyl (C=O) groups excluding carboxylic acids is 1. The van der Waals surface area contributed by atoms with Crippen LogP contribution in [-0.2, 0) is 0 Å². The molecule has 88 valence electrons. The number of aromatic amines is 1. The summed E-state index contributed by atoms with van der Waals surface area (Å²) in [7, 11) is 0. The van der Waals surface area contributed by atoms with Gasteiger partial charge in [0.05, 0.1) is 0 Å². The van der Waals surface area contributed by atoms with Gasteiger partial charge in [0, 0.05) is 6.04 Å². The molecular weight excluding hydrogens is 204 g/mol. The predicted molar refractivity (Wildman–Crippen MR) is 59.9 cm³/mol. The predicted octanol–water partition coefficient (Wildman–Crippen LogP) is 1.50. The summed E-state index contributed by atoms with van der Waals surface area (Å²) in [6.07, 6.45) is 7.37. The molecule has 1 aliphatic carbocycles. The topological polar surface area (TPSA) is 70.7 Å². The minimum atomic E-state index is -0.142. The van der Waals surface area contributed by atoms with Crippen LogP contribution in [0, 0.1) is 5.92 Å². The van der Waals surface area contributed by atoms with Gasteiger partial charge in [-0.05, 0) is 18.8 Å². The largest absolute Gasteiger partial charge is 0.346 e. The summed E-state index contributed by atoms with van der Waals surface area (Å²) in [5, 5.41) is 9.30. The van der Waals surface area contributed by atoms with Gasteiger partial charge in [-0.25, -0.2) is 4.98 Å². The Bertz CT molecular complexity index is 336. The zero-order chi connectivity index (χ0) is 11.4. The van der Waals surface area contributed by atoms with Gasteiger partial charge < -0.3 is 5.32 Å². The normalized spacial score (nSPS) is 26.1. The van der Waals surface area contributed by atoms with Crippen LogP contribution in [0.15, 0.2) is 6.33 Å². The van der Waals surface area contributed by atoms with E-state index in [0.29, 0.717) is 11.7 Å². The maximum Gasteiger partial charge on any atom is 0.288 e. The maximum atomic E-state index is 11.8. The van der Waals surface area contributed by atoms with Gasteiger partial charge in [-0.15, -0.1) is 0 Å². The summed E-state index contributed by atoms with van der Waals surface area (Å²) < 4.78 is 0. The molecule has 0 bridgehead atoms. The second kappa shape index (κ2) is 5.09. The zero-order valence-corrected chi connectivity index (χ0v) is 9.57. The molecule has 0 aromatic carbocycles. The van der Waals surface area contributed by atoms with Crippen LogP contribution in [0.25, 0.3) is 0 Å². The van der Waals surface area contributed by atoms with Gasteiger partial charge in [-0.3, -0.25) is 9.89 Å². The summed E-state index contributed by atoms with van der Waals surface area (Å²) in [5.41, 5.74) is 0. The molecule has 2 rings (SSSR count). The molecule has 1 heterocycles. The highest BCUT2D eigenvalue weighted by Crippen LogP contribution is 2.22. The fourth-order valence-corrected chi connectivity index (χ4v) is 2.26. The van der Waals surface area contributed by atoms with Crippen LogP contribution in [0.3, 0.4) is 0 Å². The summed E-state index contributed by atoms with van der Waals surface area (Å²) in [4.78, 5) is 15.6. The third kappa shape index (κ3) is 2.59. The molecule has 2 atom stereocenters. The van der Waals surface area contributed by atoms with Crippen LogP contribution in [0.2, 0.25) is 0 Å². The number of amides is 1. The molecule has 5 heteroatoms. The van der Waals surface area contributed by atoms with Crippen molar-refractivity contribution in [1.29, 1.82) is 0 Å². The van der Waals surface area contributed by atoms with Gasteiger partial charge in [0.1, 0.15) is 6.33 Å². The smallest absolute Gasteiger partial charge is 0.288 e. The van der Waals surface area contributed by atoms with E-state index >= 15 is 0 Å². The Morgan fingerprint density at radius 2 is 2.25 bits per heavy atom. The van der Waals surface area contributed by atoms with E-state index < -0.39 is 0 Å². The summed E-state index contributed by atoms with van der Waals surface area (Å²) in [6.45, 7) is 2.21. The Hall–Kier alpha value is -1.39. The minimum Gasteiger partial charge on any atom is -0.346 e. The summed E-state index contributed by atoms with van der Waals surface area (Å²) >= 11 is 0. The number of nitrogens with one attached hydrogen (secondary N) is 2. The second-order valence-corrected chi connectivity index (χ2v) is 4.53. The third-order valence-corrected chi connectivity index (χ3v) is 3.31. The fraction of sp³-hybridized carbons (Fsp3) is 0.727. The molecule has 2 N–H and O–H groups in total. The number of rotatable bonds is 2. The van der Waals surface area contributed by atoms with E-state index in [4.69, 9.17) is 0 Å². The lowest BCUT2D eigenvalue weighted by Gasteiger charge is -2.22. The first-order valence-electron chi connectivity index (χ1n) is 5.93. The zero-order valence-electron chi connectivity index (χ0n) is 9.57. The van der Waals surface area contributed by atoms with E-state index in [0.717, 1.165) is 6.42 Å². The molecule has 0 saturated heterocycles. The van der Waals surface area contributed by atoms with Crippen LogP contribution in [0.1, 0.15) is 49.6 Å². The lowest BCUT2D eigenvalue weighted by molar-refractivity contribution is 0.0911. The van der Waals surface area contributed by atoms with Crippen LogP contribution in [0.4, 0.5) is 0 Å². The lowest BCUT2D eigenvalue weighted by atomic mass is 9.97. The van der Waals surface area contributed by atoms with Gasteiger partial charge in [0.2, 0.25) is 5.82 Å². The van der Waals surface area contributed by atoms with Crippen molar-refractivity contribution in [1.82, 2.24) is 20.5 Å². The van der Waals surface area contributed by atoms with Crippen molar-refractivity contribution in [3.63, 3.8) is 0 Å². The molecule has 1 aromatic heterocycles. The molecule has 2 unspecified atom stereocenters. The first-order chi connectivity index (χ1) is 7.77. The average Bonchev–Trinajstić information content (AvgIpc) is 2.73. The molecule has 0 aliphatic heterocycles. The van der Waals surface area contributed by atoms with Crippen LogP contribution >= 0.6 is 0 Å².